The lowest BCUT2D eigenvalue weighted by atomic mass is 10.2. The number of pyridine rings is 1. The van der Waals surface area contributed by atoms with Gasteiger partial charge in [0.05, 0.1) is 23.6 Å². The Labute approximate surface area is 163 Å². The number of hydrogen-bond donors (Lipinski definition) is 1. The van der Waals surface area contributed by atoms with E-state index >= 15 is 0 Å². The summed E-state index contributed by atoms with van der Waals surface area (Å²) in [7, 11) is 0. The maximum absolute atomic E-state index is 12.7. The Kier molecular flexibility index (Phi) is 6.08. The van der Waals surface area contributed by atoms with E-state index in [-0.39, 0.29) is 17.6 Å². The fourth-order valence-corrected chi connectivity index (χ4v) is 3.01. The van der Waals surface area contributed by atoms with Gasteiger partial charge in [-0.3, -0.25) is 4.79 Å². The molecule has 3 aromatic rings. The van der Waals surface area contributed by atoms with Crippen molar-refractivity contribution in [2.75, 3.05) is 6.61 Å². The van der Waals surface area contributed by atoms with Gasteiger partial charge < -0.3 is 10.1 Å². The largest absolute Gasteiger partial charge is 0.477 e. The molecule has 1 N–H and O–H groups in total. The van der Waals surface area contributed by atoms with Crippen LogP contribution in [0.25, 0.3) is 5.69 Å². The number of aromatic nitrogens is 3. The van der Waals surface area contributed by atoms with Crippen LogP contribution in [0.5, 0.6) is 5.88 Å². The molecule has 0 unspecified atom stereocenters. The fraction of sp³-hybridized carbons (Fsp3) is 0.250. The zero-order chi connectivity index (χ0) is 19.2. The Morgan fingerprint density at radius 1 is 1.22 bits per heavy atom. The molecule has 2 heterocycles. The van der Waals surface area contributed by atoms with Gasteiger partial charge in [-0.1, -0.05) is 42.8 Å². The summed E-state index contributed by atoms with van der Waals surface area (Å²) < 4.78 is 7.19. The Hall–Kier alpha value is -2.86. The molecule has 6 nitrogen and oxygen atoms in total. The zero-order valence-corrected chi connectivity index (χ0v) is 16.0. The Bertz CT molecular complexity index is 925. The predicted molar refractivity (Wildman–Crippen MR) is 105 cm³/mol. The van der Waals surface area contributed by atoms with Crippen LogP contribution in [0, 0.1) is 6.92 Å². The van der Waals surface area contributed by atoms with Crippen LogP contribution in [0.2, 0.25) is 5.15 Å². The zero-order valence-electron chi connectivity index (χ0n) is 15.3. The topological polar surface area (TPSA) is 69.0 Å². The smallest absolute Gasteiger partial charge is 0.256 e. The molecule has 0 saturated heterocycles. The van der Waals surface area contributed by atoms with Gasteiger partial charge in [-0.15, -0.1) is 0 Å². The number of nitrogens with zero attached hydrogens (tertiary/aromatic N) is 3. The summed E-state index contributed by atoms with van der Waals surface area (Å²) in [6.45, 7) is 4.66. The van der Waals surface area contributed by atoms with Gasteiger partial charge in [0.2, 0.25) is 5.88 Å². The maximum Gasteiger partial charge on any atom is 0.256 e. The standard InChI is InChI=1S/C20H21ClN4O2/c1-3-12-27-20-15(8-7-11-22-20)13-23-19(26)17-14(2)24-25(18(17)21)16-9-5-4-6-10-16/h4-11H,3,12-13H2,1-2H3,(H,23,26). The third-order valence-corrected chi connectivity index (χ3v) is 4.31. The van der Waals surface area contributed by atoms with E-state index < -0.39 is 0 Å². The highest BCUT2D eigenvalue weighted by Crippen LogP contribution is 2.23. The molecule has 140 valence electrons. The van der Waals surface area contributed by atoms with Crippen molar-refractivity contribution >= 4 is 17.5 Å². The molecule has 1 aromatic carbocycles. The van der Waals surface area contributed by atoms with Crippen molar-refractivity contribution < 1.29 is 9.53 Å². The predicted octanol–water partition coefficient (Wildman–Crippen LogP) is 3.95. The minimum absolute atomic E-state index is 0.282. The molecule has 0 aliphatic heterocycles. The van der Waals surface area contributed by atoms with Crippen molar-refractivity contribution in [1.29, 1.82) is 0 Å². The number of ether oxygens (including phenoxy) is 1. The van der Waals surface area contributed by atoms with Crippen LogP contribution in [-0.2, 0) is 6.54 Å². The number of rotatable bonds is 7. The van der Waals surface area contributed by atoms with Crippen molar-refractivity contribution in [2.45, 2.75) is 26.8 Å². The van der Waals surface area contributed by atoms with Gasteiger partial charge in [0, 0.05) is 18.3 Å². The van der Waals surface area contributed by atoms with E-state index in [4.69, 9.17) is 16.3 Å². The Morgan fingerprint density at radius 2 is 2.00 bits per heavy atom. The van der Waals surface area contributed by atoms with Crippen molar-refractivity contribution in [3.8, 4) is 11.6 Å². The third-order valence-electron chi connectivity index (χ3n) is 3.96. The molecule has 1 amide bonds. The summed E-state index contributed by atoms with van der Waals surface area (Å²) in [4.78, 5) is 16.9. The van der Waals surface area contributed by atoms with E-state index in [1.54, 1.807) is 17.8 Å². The summed E-state index contributed by atoms with van der Waals surface area (Å²) in [5.41, 5.74) is 2.53. The maximum atomic E-state index is 12.7. The molecule has 0 aliphatic carbocycles. The molecule has 7 heteroatoms. The summed E-state index contributed by atoms with van der Waals surface area (Å²) in [5, 5.41) is 7.57. The van der Waals surface area contributed by atoms with Gasteiger partial charge in [-0.2, -0.15) is 5.10 Å². The lowest BCUT2D eigenvalue weighted by molar-refractivity contribution is 0.0950. The van der Waals surface area contributed by atoms with Gasteiger partial charge in [0.15, 0.2) is 0 Å². The lowest BCUT2D eigenvalue weighted by Gasteiger charge is -2.10. The molecular formula is C20H21ClN4O2. The normalized spacial score (nSPS) is 10.6. The highest BCUT2D eigenvalue weighted by atomic mass is 35.5. The van der Waals surface area contributed by atoms with E-state index in [0.717, 1.165) is 17.7 Å². The summed E-state index contributed by atoms with van der Waals surface area (Å²) in [6.07, 6.45) is 2.55. The summed E-state index contributed by atoms with van der Waals surface area (Å²) in [6, 6.07) is 13.1. The van der Waals surface area contributed by atoms with E-state index in [1.165, 1.54) is 0 Å². The first-order chi connectivity index (χ1) is 13.1. The first kappa shape index (κ1) is 18.9. The number of amides is 1. The number of hydrogen-bond acceptors (Lipinski definition) is 4. The van der Waals surface area contributed by atoms with Crippen molar-refractivity contribution in [1.82, 2.24) is 20.1 Å². The number of aryl methyl sites for hydroxylation is 1. The average Bonchev–Trinajstić information content (AvgIpc) is 3.00. The molecule has 0 radical (unpaired) electrons. The van der Waals surface area contributed by atoms with E-state index in [1.807, 2.05) is 49.4 Å². The minimum atomic E-state index is -0.287. The molecule has 2 aromatic heterocycles. The number of benzene rings is 1. The molecule has 0 saturated carbocycles. The van der Waals surface area contributed by atoms with Gasteiger partial charge in [-0.25, -0.2) is 9.67 Å². The van der Waals surface area contributed by atoms with Crippen LogP contribution < -0.4 is 10.1 Å². The van der Waals surface area contributed by atoms with Crippen LogP contribution in [0.1, 0.15) is 35.0 Å². The monoisotopic (exact) mass is 384 g/mol. The molecule has 27 heavy (non-hydrogen) atoms. The number of halogens is 1. The molecule has 0 bridgehead atoms. The lowest BCUT2D eigenvalue weighted by Crippen LogP contribution is -2.24. The van der Waals surface area contributed by atoms with Crippen LogP contribution in [0.4, 0.5) is 0 Å². The number of para-hydroxylation sites is 1. The average molecular weight is 385 g/mol. The van der Waals surface area contributed by atoms with Crippen LogP contribution >= 0.6 is 11.6 Å². The molecule has 0 atom stereocenters. The van der Waals surface area contributed by atoms with Crippen LogP contribution in [0.3, 0.4) is 0 Å². The third kappa shape index (κ3) is 4.28. The van der Waals surface area contributed by atoms with Gasteiger partial charge >= 0.3 is 0 Å². The Balaban J connectivity index is 1.77. The summed E-state index contributed by atoms with van der Waals surface area (Å²) in [5.74, 6) is 0.243. The first-order valence-corrected chi connectivity index (χ1v) is 9.15. The SMILES string of the molecule is CCCOc1ncccc1CNC(=O)c1c(C)nn(-c2ccccc2)c1Cl. The fourth-order valence-electron chi connectivity index (χ4n) is 2.65. The second kappa shape index (κ2) is 8.68. The first-order valence-electron chi connectivity index (χ1n) is 8.77. The van der Waals surface area contributed by atoms with Crippen molar-refractivity contribution in [2.24, 2.45) is 0 Å². The highest BCUT2D eigenvalue weighted by Gasteiger charge is 2.21. The number of carbonyl (C=O) groups excluding carboxylic acids is 1. The van der Waals surface area contributed by atoms with Gasteiger partial charge in [0.25, 0.3) is 5.91 Å². The second-order valence-electron chi connectivity index (χ2n) is 6.00. The number of nitrogens with one attached hydrogen (secondary N) is 1. The van der Waals surface area contributed by atoms with Crippen LogP contribution in [0.15, 0.2) is 48.7 Å². The molecule has 0 fully saturated rings. The minimum Gasteiger partial charge on any atom is -0.477 e. The summed E-state index contributed by atoms with van der Waals surface area (Å²) >= 11 is 6.44. The van der Waals surface area contributed by atoms with E-state index in [2.05, 4.69) is 15.4 Å². The Morgan fingerprint density at radius 3 is 2.74 bits per heavy atom. The quantitative estimate of drug-likeness (QED) is 0.669. The van der Waals surface area contributed by atoms with Crippen molar-refractivity contribution in [3.05, 3.63) is 70.6 Å². The van der Waals surface area contributed by atoms with Crippen LogP contribution in [-0.4, -0.2) is 27.3 Å². The van der Waals surface area contributed by atoms with Gasteiger partial charge in [-0.05, 0) is 31.5 Å². The van der Waals surface area contributed by atoms with E-state index in [9.17, 15) is 4.79 Å². The van der Waals surface area contributed by atoms with E-state index in [0.29, 0.717) is 23.7 Å². The molecular weight excluding hydrogens is 364 g/mol. The molecule has 0 aliphatic rings. The van der Waals surface area contributed by atoms with Gasteiger partial charge in [0.1, 0.15) is 5.15 Å². The highest BCUT2D eigenvalue weighted by molar-refractivity contribution is 6.33. The number of carbonyl (C=O) groups is 1. The molecule has 0 spiro atoms. The second-order valence-corrected chi connectivity index (χ2v) is 6.36. The molecule has 3 rings (SSSR count). The van der Waals surface area contributed by atoms with Crippen molar-refractivity contribution in [3.63, 3.8) is 0 Å².